The first kappa shape index (κ1) is 16.6. The Kier molecular flexibility index (Phi) is 6.96. The molecule has 1 unspecified atom stereocenters. The van der Waals surface area contributed by atoms with Gasteiger partial charge in [-0.1, -0.05) is 0 Å². The monoisotopic (exact) mass is 307 g/mol. The lowest BCUT2D eigenvalue weighted by atomic mass is 10.2. The molecule has 5 nitrogen and oxygen atoms in total. The van der Waals surface area contributed by atoms with Crippen LogP contribution >= 0.6 is 24.2 Å². The van der Waals surface area contributed by atoms with E-state index in [1.807, 2.05) is 16.7 Å². The molecule has 2 amide bonds. The molecule has 2 aliphatic rings. The normalized spacial score (nSPS) is 23.7. The van der Waals surface area contributed by atoms with E-state index in [9.17, 15) is 9.59 Å². The molecule has 0 bridgehead atoms. The second-order valence-electron chi connectivity index (χ2n) is 4.82. The van der Waals surface area contributed by atoms with Crippen LogP contribution in [0.1, 0.15) is 13.3 Å². The fraction of sp³-hybridized carbons (Fsp3) is 0.833. The Morgan fingerprint density at radius 1 is 1.21 bits per heavy atom. The van der Waals surface area contributed by atoms with Gasteiger partial charge >= 0.3 is 0 Å². The summed E-state index contributed by atoms with van der Waals surface area (Å²) in [7, 11) is 0. The third kappa shape index (κ3) is 4.85. The topological polar surface area (TPSA) is 52.7 Å². The lowest BCUT2D eigenvalue weighted by Gasteiger charge is -2.35. The van der Waals surface area contributed by atoms with Gasteiger partial charge in [-0.05, 0) is 0 Å². The fourth-order valence-electron chi connectivity index (χ4n) is 2.36. The molecule has 0 aromatic heterocycles. The maximum absolute atomic E-state index is 12.1. The van der Waals surface area contributed by atoms with Crippen LogP contribution in [0.2, 0.25) is 0 Å². The van der Waals surface area contributed by atoms with Crippen LogP contribution in [0.3, 0.4) is 0 Å². The molecule has 2 rings (SSSR count). The van der Waals surface area contributed by atoms with Gasteiger partial charge in [0.1, 0.15) is 0 Å². The predicted octanol–water partition coefficient (Wildman–Crippen LogP) is 0.194. The molecule has 1 N–H and O–H groups in total. The smallest absolute Gasteiger partial charge is 0.224 e. The molecule has 110 valence electrons. The Hall–Kier alpha value is -0.460. The van der Waals surface area contributed by atoms with E-state index in [4.69, 9.17) is 0 Å². The van der Waals surface area contributed by atoms with Crippen molar-refractivity contribution in [3.63, 3.8) is 0 Å². The SMILES string of the molecule is CC(=O)N1CCN(C(=O)CC2CSCCN2)CC1.Cl. The lowest BCUT2D eigenvalue weighted by Crippen LogP contribution is -2.51. The highest BCUT2D eigenvalue weighted by Gasteiger charge is 2.25. The van der Waals surface area contributed by atoms with E-state index >= 15 is 0 Å². The second-order valence-corrected chi connectivity index (χ2v) is 5.97. The van der Waals surface area contributed by atoms with Gasteiger partial charge in [0.25, 0.3) is 0 Å². The van der Waals surface area contributed by atoms with Gasteiger partial charge < -0.3 is 15.1 Å². The number of rotatable bonds is 2. The van der Waals surface area contributed by atoms with Crippen LogP contribution in [-0.4, -0.2) is 71.9 Å². The fourth-order valence-corrected chi connectivity index (χ4v) is 3.31. The summed E-state index contributed by atoms with van der Waals surface area (Å²) in [5.74, 6) is 2.49. The first-order valence-electron chi connectivity index (χ1n) is 6.51. The lowest BCUT2D eigenvalue weighted by molar-refractivity contribution is -0.138. The highest BCUT2D eigenvalue weighted by molar-refractivity contribution is 7.99. The zero-order valence-electron chi connectivity index (χ0n) is 11.3. The average molecular weight is 308 g/mol. The summed E-state index contributed by atoms with van der Waals surface area (Å²) < 4.78 is 0. The van der Waals surface area contributed by atoms with Crippen LogP contribution < -0.4 is 5.32 Å². The number of amides is 2. The number of hydrogen-bond donors (Lipinski definition) is 1. The molecule has 2 aliphatic heterocycles. The van der Waals surface area contributed by atoms with Gasteiger partial charge in [0.15, 0.2) is 0 Å². The van der Waals surface area contributed by atoms with Crippen molar-refractivity contribution in [1.29, 1.82) is 0 Å². The molecule has 0 spiro atoms. The molecule has 0 aromatic carbocycles. The summed E-state index contributed by atoms with van der Waals surface area (Å²) in [6, 6.07) is 0.321. The van der Waals surface area contributed by atoms with Gasteiger partial charge in [-0.2, -0.15) is 11.8 Å². The first-order chi connectivity index (χ1) is 8.66. The van der Waals surface area contributed by atoms with Gasteiger partial charge in [-0.3, -0.25) is 9.59 Å². The molecule has 7 heteroatoms. The average Bonchev–Trinajstić information content (AvgIpc) is 2.40. The standard InChI is InChI=1S/C12H21N3O2S.ClH/c1-10(16)14-3-5-15(6-4-14)12(17)8-11-9-18-7-2-13-11;/h11,13H,2-9H2,1H3;1H. The summed E-state index contributed by atoms with van der Waals surface area (Å²) in [6.07, 6.45) is 0.590. The van der Waals surface area contributed by atoms with Crippen LogP contribution in [0.4, 0.5) is 0 Å². The summed E-state index contributed by atoms with van der Waals surface area (Å²) in [5.41, 5.74) is 0. The Bertz CT molecular complexity index is 316. The van der Waals surface area contributed by atoms with Gasteiger partial charge in [0, 0.05) is 63.6 Å². The number of carbonyl (C=O) groups excluding carboxylic acids is 2. The van der Waals surface area contributed by atoms with Crippen molar-refractivity contribution in [2.24, 2.45) is 0 Å². The summed E-state index contributed by atoms with van der Waals surface area (Å²) in [5, 5.41) is 3.38. The minimum atomic E-state index is 0. The van der Waals surface area contributed by atoms with Gasteiger partial charge in [0.05, 0.1) is 0 Å². The Balaban J connectivity index is 0.00000180. The number of hydrogen-bond acceptors (Lipinski definition) is 4. The molecule has 0 saturated carbocycles. The number of nitrogens with one attached hydrogen (secondary N) is 1. The van der Waals surface area contributed by atoms with Crippen LogP contribution in [-0.2, 0) is 9.59 Å². The van der Waals surface area contributed by atoms with Crippen molar-refractivity contribution in [2.45, 2.75) is 19.4 Å². The molecule has 1 atom stereocenters. The maximum Gasteiger partial charge on any atom is 0.224 e. The highest BCUT2D eigenvalue weighted by atomic mass is 35.5. The van der Waals surface area contributed by atoms with Crippen LogP contribution in [0.5, 0.6) is 0 Å². The summed E-state index contributed by atoms with van der Waals surface area (Å²) in [4.78, 5) is 27.0. The summed E-state index contributed by atoms with van der Waals surface area (Å²) in [6.45, 7) is 5.29. The Labute approximate surface area is 124 Å². The van der Waals surface area contributed by atoms with Crippen molar-refractivity contribution in [1.82, 2.24) is 15.1 Å². The van der Waals surface area contributed by atoms with E-state index in [0.717, 1.165) is 18.1 Å². The Morgan fingerprint density at radius 3 is 2.37 bits per heavy atom. The third-order valence-electron chi connectivity index (χ3n) is 3.50. The van der Waals surface area contributed by atoms with Crippen LogP contribution in [0.25, 0.3) is 0 Å². The molecular weight excluding hydrogens is 286 g/mol. The van der Waals surface area contributed by atoms with Crippen molar-refractivity contribution in [3.8, 4) is 0 Å². The Morgan fingerprint density at radius 2 is 1.84 bits per heavy atom. The molecular formula is C12H22ClN3O2S. The number of carbonyl (C=O) groups is 2. The van der Waals surface area contributed by atoms with Gasteiger partial charge in [-0.15, -0.1) is 12.4 Å². The van der Waals surface area contributed by atoms with E-state index in [-0.39, 0.29) is 24.2 Å². The van der Waals surface area contributed by atoms with Crippen molar-refractivity contribution >= 4 is 36.0 Å². The van der Waals surface area contributed by atoms with Crippen molar-refractivity contribution in [3.05, 3.63) is 0 Å². The molecule has 2 heterocycles. The zero-order chi connectivity index (χ0) is 13.0. The van der Waals surface area contributed by atoms with Crippen LogP contribution in [0, 0.1) is 0 Å². The third-order valence-corrected chi connectivity index (χ3v) is 4.63. The van der Waals surface area contributed by atoms with Crippen molar-refractivity contribution in [2.75, 3.05) is 44.2 Å². The summed E-state index contributed by atoms with van der Waals surface area (Å²) >= 11 is 1.91. The minimum Gasteiger partial charge on any atom is -0.339 e. The molecule has 2 fully saturated rings. The molecule has 0 aromatic rings. The predicted molar refractivity (Wildman–Crippen MR) is 79.8 cm³/mol. The second kappa shape index (κ2) is 7.97. The van der Waals surface area contributed by atoms with E-state index in [2.05, 4.69) is 5.32 Å². The number of nitrogens with zero attached hydrogens (tertiary/aromatic N) is 2. The van der Waals surface area contributed by atoms with Gasteiger partial charge in [0.2, 0.25) is 11.8 Å². The van der Waals surface area contributed by atoms with Gasteiger partial charge in [-0.25, -0.2) is 0 Å². The largest absolute Gasteiger partial charge is 0.339 e. The molecule has 2 saturated heterocycles. The van der Waals surface area contributed by atoms with Crippen LogP contribution in [0.15, 0.2) is 0 Å². The minimum absolute atomic E-state index is 0. The van der Waals surface area contributed by atoms with E-state index < -0.39 is 0 Å². The number of thioether (sulfide) groups is 1. The molecule has 19 heavy (non-hydrogen) atoms. The molecule has 0 aliphatic carbocycles. The number of piperazine rings is 1. The van der Waals surface area contributed by atoms with Crippen molar-refractivity contribution < 1.29 is 9.59 Å². The van der Waals surface area contributed by atoms with E-state index in [1.54, 1.807) is 11.8 Å². The number of halogens is 1. The first-order valence-corrected chi connectivity index (χ1v) is 7.66. The van der Waals surface area contributed by atoms with E-state index in [1.165, 1.54) is 0 Å². The highest BCUT2D eigenvalue weighted by Crippen LogP contribution is 2.12. The van der Waals surface area contributed by atoms with E-state index in [0.29, 0.717) is 38.6 Å². The maximum atomic E-state index is 12.1. The quantitative estimate of drug-likeness (QED) is 0.791. The molecule has 0 radical (unpaired) electrons. The zero-order valence-corrected chi connectivity index (χ0v) is 12.9.